The number of rotatable bonds is 11. The molecule has 3 amide bonds. The maximum absolute atomic E-state index is 15.0. The molecule has 6 atom stereocenters. The van der Waals surface area contributed by atoms with Crippen LogP contribution in [0.25, 0.3) is 22.3 Å². The Morgan fingerprint density at radius 2 is 1.80 bits per heavy atom. The van der Waals surface area contributed by atoms with Crippen LogP contribution in [0.15, 0.2) is 53.9 Å². The average Bonchev–Trinajstić information content (AvgIpc) is 3.68. The molecule has 1 saturated heterocycles. The van der Waals surface area contributed by atoms with Gasteiger partial charge in [-0.15, -0.1) is 11.3 Å². The lowest BCUT2D eigenvalue weighted by Gasteiger charge is -2.31. The van der Waals surface area contributed by atoms with E-state index in [4.69, 9.17) is 35.8 Å². The summed E-state index contributed by atoms with van der Waals surface area (Å²) in [5, 5.41) is 10.5. The lowest BCUT2D eigenvalue weighted by Crippen LogP contribution is -2.55. The van der Waals surface area contributed by atoms with Gasteiger partial charge in [-0.3, -0.25) is 14.2 Å². The number of carbonyl (C=O) groups is 3. The highest BCUT2D eigenvalue weighted by Crippen LogP contribution is 2.71. The number of fused-ring (bicyclic) bond motifs is 3. The highest BCUT2D eigenvalue weighted by molar-refractivity contribution is 7.59. The third-order valence-corrected chi connectivity index (χ3v) is 16.4. The van der Waals surface area contributed by atoms with Gasteiger partial charge in [0.25, 0.3) is 0 Å². The van der Waals surface area contributed by atoms with E-state index in [1.54, 1.807) is 24.3 Å². The molecule has 2 unspecified atom stereocenters. The number of nitrogens with one attached hydrogen (secondary N) is 3. The SMILES string of the molecule is COc1ccc2c(O[C@@H]3C[C@H]4C(=O)N[C@]5(P(=O)(O)Cc6c(F)cccc6F)C[C@H]5/C=C\CCCCCC(NC(=O)OC5CCCC5)C(=O)N4C3)cc(-c3csc(NC(C)C)n3)nc2c1Cl. The molecule has 4 aromatic rings. The number of hydrogen-bond acceptors (Lipinski definition) is 11. The topological polar surface area (TPSA) is 181 Å². The molecule has 0 radical (unpaired) electrons. The van der Waals surface area contributed by atoms with Gasteiger partial charge in [-0.05, 0) is 89.5 Å². The van der Waals surface area contributed by atoms with Crippen molar-refractivity contribution in [3.63, 3.8) is 0 Å². The van der Waals surface area contributed by atoms with E-state index in [-0.39, 0.29) is 43.0 Å². The van der Waals surface area contributed by atoms with Gasteiger partial charge in [0.15, 0.2) is 5.13 Å². The number of anilines is 1. The Hall–Kier alpha value is -4.83. The quantitative estimate of drug-likeness (QED) is 0.0831. The standard InChI is InChI=1S/C46H54ClF2N6O8PS/c1-26(2)50-44-52-36(25-65-44)35-21-39(30-18-19-38(61-3)40(47)41(30)51-35)62-29-20-37-42(56)54-46(64(59,60)24-31-32(48)15-11-16-33(31)49)22-27(46)12-7-5-4-6-8-17-34(43(57)55(37)23-29)53-45(58)63-28-13-9-10-14-28/h7,11-12,15-16,18-19,21,25-29,34,37H,4-6,8-10,13-14,17,20,22-24H2,1-3H3,(H,50,52)(H,53,58)(H,54,56)(H,59,60)/b12-7-/t27-,29-,34?,37+,46+/m1/s1. The minimum atomic E-state index is -4.61. The molecule has 348 valence electrons. The maximum atomic E-state index is 15.0. The van der Waals surface area contributed by atoms with Gasteiger partial charge in [-0.1, -0.05) is 42.7 Å². The molecule has 14 nitrogen and oxygen atoms in total. The summed E-state index contributed by atoms with van der Waals surface area (Å²) in [7, 11) is -3.12. The molecule has 2 aromatic carbocycles. The molecule has 65 heavy (non-hydrogen) atoms. The largest absolute Gasteiger partial charge is 0.495 e. The van der Waals surface area contributed by atoms with Gasteiger partial charge in [-0.2, -0.15) is 0 Å². The third kappa shape index (κ3) is 10.1. The fourth-order valence-electron chi connectivity index (χ4n) is 9.17. The molecular weight excluding hydrogens is 901 g/mol. The Morgan fingerprint density at radius 3 is 2.54 bits per heavy atom. The molecule has 2 saturated carbocycles. The van der Waals surface area contributed by atoms with Crippen LogP contribution in [0.5, 0.6) is 11.5 Å². The summed E-state index contributed by atoms with van der Waals surface area (Å²) in [5.74, 6) is -3.13. The number of allylic oxidation sites excluding steroid dienone is 1. The van der Waals surface area contributed by atoms with E-state index < -0.39 is 78.0 Å². The zero-order chi connectivity index (χ0) is 46.0. The van der Waals surface area contributed by atoms with E-state index in [0.29, 0.717) is 58.2 Å². The average molecular weight is 955 g/mol. The van der Waals surface area contributed by atoms with Crippen LogP contribution in [-0.4, -0.2) is 86.9 Å². The van der Waals surface area contributed by atoms with Gasteiger partial charge >= 0.3 is 6.09 Å². The predicted octanol–water partition coefficient (Wildman–Crippen LogP) is 9.33. The zero-order valence-electron chi connectivity index (χ0n) is 36.5. The summed E-state index contributed by atoms with van der Waals surface area (Å²) < 4.78 is 62.4. The number of nitrogens with zero attached hydrogens (tertiary/aromatic N) is 3. The maximum Gasteiger partial charge on any atom is 0.408 e. The van der Waals surface area contributed by atoms with Gasteiger partial charge in [0, 0.05) is 40.8 Å². The monoisotopic (exact) mass is 954 g/mol. The minimum Gasteiger partial charge on any atom is -0.495 e. The summed E-state index contributed by atoms with van der Waals surface area (Å²) in [6.45, 7) is 3.90. The van der Waals surface area contributed by atoms with Crippen LogP contribution in [0.1, 0.15) is 90.0 Å². The molecule has 4 heterocycles. The van der Waals surface area contributed by atoms with E-state index in [1.165, 1.54) is 29.4 Å². The lowest BCUT2D eigenvalue weighted by molar-refractivity contribution is -0.140. The second kappa shape index (κ2) is 19.6. The number of halogens is 3. The third-order valence-electron chi connectivity index (χ3n) is 12.7. The number of methoxy groups -OCH3 is 1. The van der Waals surface area contributed by atoms with Gasteiger partial charge in [-0.25, -0.2) is 23.5 Å². The second-order valence-electron chi connectivity index (χ2n) is 17.7. The normalized spacial score (nSPS) is 25.4. The van der Waals surface area contributed by atoms with Crippen molar-refractivity contribution in [1.29, 1.82) is 0 Å². The fraction of sp³-hybridized carbons (Fsp3) is 0.500. The number of pyridine rings is 1. The molecule has 0 bridgehead atoms. The van der Waals surface area contributed by atoms with Crippen molar-refractivity contribution in [2.75, 3.05) is 19.0 Å². The zero-order valence-corrected chi connectivity index (χ0v) is 39.0. The van der Waals surface area contributed by atoms with Crippen molar-refractivity contribution < 1.29 is 46.8 Å². The van der Waals surface area contributed by atoms with E-state index in [0.717, 1.165) is 44.2 Å². The number of aromatic nitrogens is 2. The molecule has 8 rings (SSSR count). The van der Waals surface area contributed by atoms with Crippen LogP contribution in [0.3, 0.4) is 0 Å². The first kappa shape index (κ1) is 46.7. The number of thiazole rings is 1. The minimum absolute atomic E-state index is 0.0396. The highest BCUT2D eigenvalue weighted by atomic mass is 35.5. The first-order valence-corrected chi connectivity index (χ1v) is 25.3. The number of alkyl carbamates (subject to hydrolysis) is 1. The van der Waals surface area contributed by atoms with E-state index in [9.17, 15) is 32.6 Å². The van der Waals surface area contributed by atoms with Gasteiger partial charge < -0.3 is 40.0 Å². The Balaban J connectivity index is 1.15. The van der Waals surface area contributed by atoms with E-state index >= 15 is 0 Å². The Kier molecular flexibility index (Phi) is 14.1. The Labute approximate surface area is 385 Å². The molecule has 3 fully saturated rings. The van der Waals surface area contributed by atoms with Crippen LogP contribution in [0.4, 0.5) is 18.7 Å². The van der Waals surface area contributed by atoms with Crippen molar-refractivity contribution >= 4 is 64.2 Å². The number of carbonyl (C=O) groups excluding carboxylic acids is 3. The predicted molar refractivity (Wildman–Crippen MR) is 244 cm³/mol. The van der Waals surface area contributed by atoms with Crippen molar-refractivity contribution in [3.8, 4) is 22.9 Å². The van der Waals surface area contributed by atoms with E-state index in [2.05, 4.69) is 16.0 Å². The molecule has 2 aliphatic heterocycles. The van der Waals surface area contributed by atoms with Crippen LogP contribution in [-0.2, 0) is 25.1 Å². The molecule has 19 heteroatoms. The van der Waals surface area contributed by atoms with Crippen LogP contribution in [0.2, 0.25) is 5.02 Å². The second-order valence-corrected chi connectivity index (χ2v) is 21.4. The number of benzene rings is 2. The number of ether oxygens (including phenoxy) is 3. The molecule has 2 aliphatic carbocycles. The first-order valence-electron chi connectivity index (χ1n) is 22.2. The van der Waals surface area contributed by atoms with Gasteiger partial charge in [0.05, 0.1) is 31.0 Å². The summed E-state index contributed by atoms with van der Waals surface area (Å²) in [6.07, 6.45) is 7.22. The summed E-state index contributed by atoms with van der Waals surface area (Å²) in [5.41, 5.74) is 0.820. The molecule has 0 spiro atoms. The van der Waals surface area contributed by atoms with Crippen molar-refractivity contribution in [1.82, 2.24) is 25.5 Å². The van der Waals surface area contributed by atoms with Crippen LogP contribution < -0.4 is 25.4 Å². The molecule has 4 N–H and O–H groups in total. The Bertz CT molecular complexity index is 2500. The molecule has 2 aromatic heterocycles. The number of amides is 3. The van der Waals surface area contributed by atoms with Crippen molar-refractivity contribution in [3.05, 3.63) is 76.2 Å². The molecular formula is C46H54ClF2N6O8PS. The van der Waals surface area contributed by atoms with Crippen LogP contribution >= 0.6 is 30.3 Å². The number of hydrogen-bond donors (Lipinski definition) is 4. The fourth-order valence-corrected chi connectivity index (χ4v) is 12.7. The van der Waals surface area contributed by atoms with Crippen LogP contribution in [0, 0.1) is 17.6 Å². The van der Waals surface area contributed by atoms with Crippen molar-refractivity contribution in [2.24, 2.45) is 5.92 Å². The highest BCUT2D eigenvalue weighted by Gasteiger charge is 2.66. The summed E-state index contributed by atoms with van der Waals surface area (Å²) in [6, 6.07) is 6.19. The van der Waals surface area contributed by atoms with E-state index in [1.807, 2.05) is 25.3 Å². The first-order chi connectivity index (χ1) is 31.2. The van der Waals surface area contributed by atoms with Crippen molar-refractivity contribution in [2.45, 2.75) is 126 Å². The smallest absolute Gasteiger partial charge is 0.408 e. The van der Waals surface area contributed by atoms with Gasteiger partial charge in [0.2, 0.25) is 19.2 Å². The van der Waals surface area contributed by atoms with Gasteiger partial charge in [0.1, 0.15) is 63.4 Å². The lowest BCUT2D eigenvalue weighted by atomic mass is 10.0. The summed E-state index contributed by atoms with van der Waals surface area (Å²) in [4.78, 5) is 65.8. The Morgan fingerprint density at radius 1 is 1.05 bits per heavy atom. The molecule has 4 aliphatic rings. The summed E-state index contributed by atoms with van der Waals surface area (Å²) >= 11 is 8.27.